The molecule has 1 unspecified atom stereocenters. The molecule has 0 saturated carbocycles. The number of amides is 1. The molecule has 1 saturated heterocycles. The highest BCUT2D eigenvalue weighted by Crippen LogP contribution is 2.26. The van der Waals surface area contributed by atoms with Crippen LogP contribution in [0, 0.1) is 5.82 Å². The van der Waals surface area contributed by atoms with Crippen LogP contribution in [0.2, 0.25) is 0 Å². The van der Waals surface area contributed by atoms with Crippen molar-refractivity contribution in [3.63, 3.8) is 0 Å². The van der Waals surface area contributed by atoms with Gasteiger partial charge in [0, 0.05) is 12.0 Å². The first-order valence-electron chi connectivity index (χ1n) is 7.02. The van der Waals surface area contributed by atoms with E-state index < -0.39 is 5.25 Å². The zero-order chi connectivity index (χ0) is 16.2. The summed E-state index contributed by atoms with van der Waals surface area (Å²) in [5.74, 6) is -0.662. The van der Waals surface area contributed by atoms with Gasteiger partial charge in [-0.1, -0.05) is 42.1 Å². The van der Waals surface area contributed by atoms with Crippen molar-refractivity contribution in [2.45, 2.75) is 11.7 Å². The molecule has 1 fully saturated rings. The fourth-order valence-corrected chi connectivity index (χ4v) is 3.12. The molecule has 0 bridgehead atoms. The van der Waals surface area contributed by atoms with Crippen molar-refractivity contribution in [1.82, 2.24) is 5.32 Å². The zero-order valence-electron chi connectivity index (χ0n) is 12.0. The van der Waals surface area contributed by atoms with Gasteiger partial charge in [0.15, 0.2) is 11.0 Å². The third kappa shape index (κ3) is 3.84. The van der Waals surface area contributed by atoms with Crippen LogP contribution in [0.15, 0.2) is 59.6 Å². The first-order valence-corrected chi connectivity index (χ1v) is 7.90. The van der Waals surface area contributed by atoms with Crippen molar-refractivity contribution in [2.75, 3.05) is 0 Å². The summed E-state index contributed by atoms with van der Waals surface area (Å²) in [7, 11) is 0. The van der Waals surface area contributed by atoms with Crippen LogP contribution in [0.4, 0.5) is 10.1 Å². The molecule has 2 aromatic carbocycles. The van der Waals surface area contributed by atoms with Gasteiger partial charge < -0.3 is 5.32 Å². The van der Waals surface area contributed by atoms with Gasteiger partial charge in [0.2, 0.25) is 5.91 Å². The van der Waals surface area contributed by atoms with Crippen LogP contribution in [-0.2, 0) is 4.79 Å². The number of benzene rings is 2. The van der Waals surface area contributed by atoms with Gasteiger partial charge in [0.1, 0.15) is 5.82 Å². The summed E-state index contributed by atoms with van der Waals surface area (Å²) >= 11 is 1.22. The molecule has 0 spiro atoms. The molecule has 0 radical (unpaired) electrons. The number of hydrogen-bond donors (Lipinski definition) is 1. The number of nitrogens with one attached hydrogen (secondary N) is 1. The minimum atomic E-state index is -0.498. The summed E-state index contributed by atoms with van der Waals surface area (Å²) in [6.45, 7) is 0. The fraction of sp³-hybridized carbons (Fsp3) is 0.118. The Labute approximate surface area is 136 Å². The molecule has 0 aromatic heterocycles. The monoisotopic (exact) mass is 328 g/mol. The predicted molar refractivity (Wildman–Crippen MR) is 88.4 cm³/mol. The Kier molecular flexibility index (Phi) is 4.52. The molecule has 1 amide bonds. The maximum Gasteiger partial charge on any atom is 0.240 e. The van der Waals surface area contributed by atoms with Crippen molar-refractivity contribution in [3.8, 4) is 0 Å². The Balaban J connectivity index is 1.68. The third-order valence-corrected chi connectivity index (χ3v) is 4.38. The minimum Gasteiger partial charge on any atom is -0.304 e. The second-order valence-corrected chi connectivity index (χ2v) is 6.17. The van der Waals surface area contributed by atoms with Crippen LogP contribution in [0.1, 0.15) is 16.8 Å². The van der Waals surface area contributed by atoms with E-state index in [1.165, 1.54) is 36.0 Å². The number of amidine groups is 1. The molecule has 2 aromatic rings. The average Bonchev–Trinajstić information content (AvgIpc) is 2.90. The van der Waals surface area contributed by atoms with E-state index in [0.29, 0.717) is 16.4 Å². The number of carbonyl (C=O) groups excluding carboxylic acids is 2. The van der Waals surface area contributed by atoms with Gasteiger partial charge >= 0.3 is 0 Å². The molecule has 0 aliphatic carbocycles. The normalized spacial score (nSPS) is 18.9. The van der Waals surface area contributed by atoms with E-state index in [1.807, 2.05) is 6.07 Å². The lowest BCUT2D eigenvalue weighted by atomic mass is 10.1. The topological polar surface area (TPSA) is 58.5 Å². The number of carbonyl (C=O) groups is 2. The Morgan fingerprint density at radius 1 is 1.13 bits per heavy atom. The summed E-state index contributed by atoms with van der Waals surface area (Å²) in [5, 5.41) is 2.58. The molecule has 3 rings (SSSR count). The van der Waals surface area contributed by atoms with Gasteiger partial charge in [0.05, 0.1) is 10.9 Å². The molecule has 1 aliphatic rings. The number of rotatable bonds is 4. The van der Waals surface area contributed by atoms with Crippen molar-refractivity contribution in [3.05, 3.63) is 66.0 Å². The summed E-state index contributed by atoms with van der Waals surface area (Å²) in [6.07, 6.45) is 0.114. The second-order valence-electron chi connectivity index (χ2n) is 4.98. The largest absolute Gasteiger partial charge is 0.304 e. The highest BCUT2D eigenvalue weighted by Gasteiger charge is 2.32. The van der Waals surface area contributed by atoms with E-state index in [-0.39, 0.29) is 23.9 Å². The van der Waals surface area contributed by atoms with Gasteiger partial charge in [-0.3, -0.25) is 9.59 Å². The summed E-state index contributed by atoms with van der Waals surface area (Å²) in [5.41, 5.74) is 1.13. The first-order chi connectivity index (χ1) is 11.1. The highest BCUT2D eigenvalue weighted by molar-refractivity contribution is 8.15. The standard InChI is InChI=1S/C17H13FN2O2S/c18-12-6-8-13(9-7-12)19-17-20-16(22)15(23-17)10-14(21)11-4-2-1-3-5-11/h1-9,15H,10H2,(H,19,20,22). The van der Waals surface area contributed by atoms with E-state index in [0.717, 1.165) is 0 Å². The Bertz CT molecular complexity index is 760. The van der Waals surface area contributed by atoms with E-state index in [2.05, 4.69) is 10.3 Å². The molecule has 116 valence electrons. The number of thioether (sulfide) groups is 1. The maximum atomic E-state index is 12.9. The van der Waals surface area contributed by atoms with Crippen molar-refractivity contribution in [2.24, 2.45) is 4.99 Å². The Morgan fingerprint density at radius 3 is 2.52 bits per heavy atom. The average molecular weight is 328 g/mol. The van der Waals surface area contributed by atoms with E-state index in [1.54, 1.807) is 24.3 Å². The summed E-state index contributed by atoms with van der Waals surface area (Å²) in [6, 6.07) is 14.5. The van der Waals surface area contributed by atoms with Crippen molar-refractivity contribution >= 4 is 34.3 Å². The highest BCUT2D eigenvalue weighted by atomic mass is 32.2. The molecule has 4 nitrogen and oxygen atoms in total. The SMILES string of the molecule is O=C(CC1SC(=Nc2ccc(F)cc2)NC1=O)c1ccccc1. The van der Waals surface area contributed by atoms with Gasteiger partial charge in [-0.15, -0.1) is 0 Å². The number of hydrogen-bond acceptors (Lipinski definition) is 4. The van der Waals surface area contributed by atoms with Crippen molar-refractivity contribution in [1.29, 1.82) is 0 Å². The van der Waals surface area contributed by atoms with Gasteiger partial charge in [-0.05, 0) is 24.3 Å². The molecular weight excluding hydrogens is 315 g/mol. The minimum absolute atomic E-state index is 0.0821. The molecular formula is C17H13FN2O2S. The number of halogens is 1. The van der Waals surface area contributed by atoms with Crippen LogP contribution in [0.3, 0.4) is 0 Å². The predicted octanol–water partition coefficient (Wildman–Crippen LogP) is 3.32. The number of ketones is 1. The van der Waals surface area contributed by atoms with E-state index in [4.69, 9.17) is 0 Å². The molecule has 1 heterocycles. The van der Waals surface area contributed by atoms with Gasteiger partial charge in [0.25, 0.3) is 0 Å². The lowest BCUT2D eigenvalue weighted by Gasteiger charge is -2.04. The Hall–Kier alpha value is -2.47. The fourth-order valence-electron chi connectivity index (χ4n) is 2.14. The number of nitrogens with zero attached hydrogens (tertiary/aromatic N) is 1. The second kappa shape index (κ2) is 6.75. The maximum absolute atomic E-state index is 12.9. The quantitative estimate of drug-likeness (QED) is 0.876. The number of Topliss-reactive ketones (excluding diaryl/α,β-unsaturated/α-hetero) is 1. The Morgan fingerprint density at radius 2 is 1.83 bits per heavy atom. The van der Waals surface area contributed by atoms with Crippen LogP contribution in [0.25, 0.3) is 0 Å². The molecule has 6 heteroatoms. The summed E-state index contributed by atoms with van der Waals surface area (Å²) < 4.78 is 12.9. The smallest absolute Gasteiger partial charge is 0.240 e. The molecule has 1 aliphatic heterocycles. The summed E-state index contributed by atoms with van der Waals surface area (Å²) in [4.78, 5) is 28.4. The lowest BCUT2D eigenvalue weighted by Crippen LogP contribution is -2.26. The van der Waals surface area contributed by atoms with Crippen LogP contribution < -0.4 is 5.32 Å². The van der Waals surface area contributed by atoms with Crippen LogP contribution >= 0.6 is 11.8 Å². The molecule has 1 N–H and O–H groups in total. The third-order valence-electron chi connectivity index (χ3n) is 3.30. The van der Waals surface area contributed by atoms with Crippen LogP contribution in [0.5, 0.6) is 0 Å². The van der Waals surface area contributed by atoms with Crippen LogP contribution in [-0.4, -0.2) is 22.1 Å². The van der Waals surface area contributed by atoms with E-state index >= 15 is 0 Å². The van der Waals surface area contributed by atoms with E-state index in [9.17, 15) is 14.0 Å². The molecule has 1 atom stereocenters. The van der Waals surface area contributed by atoms with Gasteiger partial charge in [-0.2, -0.15) is 0 Å². The van der Waals surface area contributed by atoms with Gasteiger partial charge in [-0.25, -0.2) is 9.38 Å². The van der Waals surface area contributed by atoms with Crippen molar-refractivity contribution < 1.29 is 14.0 Å². The lowest BCUT2D eigenvalue weighted by molar-refractivity contribution is -0.118. The number of aliphatic imine (C=N–C) groups is 1. The molecule has 23 heavy (non-hydrogen) atoms. The zero-order valence-corrected chi connectivity index (χ0v) is 12.8. The first kappa shape index (κ1) is 15.4.